The van der Waals surface area contributed by atoms with E-state index in [0.29, 0.717) is 36.2 Å². The molecule has 0 radical (unpaired) electrons. The van der Waals surface area contributed by atoms with Crippen molar-refractivity contribution in [2.24, 2.45) is 5.92 Å². The number of carbonyl (C=O) groups is 2. The van der Waals surface area contributed by atoms with Crippen LogP contribution in [0.15, 0.2) is 18.5 Å². The smallest absolute Gasteiger partial charge is 0.234 e. The van der Waals surface area contributed by atoms with Gasteiger partial charge in [-0.1, -0.05) is 0 Å². The van der Waals surface area contributed by atoms with Crippen LogP contribution in [0, 0.1) is 12.8 Å². The van der Waals surface area contributed by atoms with Gasteiger partial charge in [0, 0.05) is 41.6 Å². The standard InChI is InChI=1S/C23H34N4O2/c1-14-7-16(12-24-11-14)22(29)21-19(25-21)10-15-8-17-5-6-18(9-15)27(17)13-20(28)26-23(2,3)4/h7,11-12,15,17-19,21,25H,5-6,8-10,13H2,1-4H3,(H,26,28)/t17-,18-,19-,21?/m0/s1. The molecular weight excluding hydrogens is 364 g/mol. The highest BCUT2D eigenvalue weighted by molar-refractivity contribution is 6.02. The van der Waals surface area contributed by atoms with E-state index in [1.165, 1.54) is 12.8 Å². The summed E-state index contributed by atoms with van der Waals surface area (Å²) in [4.78, 5) is 31.7. The van der Waals surface area contributed by atoms with E-state index in [4.69, 9.17) is 0 Å². The maximum absolute atomic E-state index is 12.7. The quantitative estimate of drug-likeness (QED) is 0.568. The molecule has 1 amide bonds. The van der Waals surface area contributed by atoms with E-state index in [9.17, 15) is 9.59 Å². The van der Waals surface area contributed by atoms with Crippen LogP contribution in [-0.4, -0.2) is 57.8 Å². The molecule has 158 valence electrons. The number of rotatable bonds is 6. The summed E-state index contributed by atoms with van der Waals surface area (Å²) in [6.07, 6.45) is 9.19. The largest absolute Gasteiger partial charge is 0.350 e. The van der Waals surface area contributed by atoms with Crippen molar-refractivity contribution in [1.29, 1.82) is 0 Å². The van der Waals surface area contributed by atoms with Crippen LogP contribution < -0.4 is 10.6 Å². The Morgan fingerprint density at radius 2 is 1.90 bits per heavy atom. The van der Waals surface area contributed by atoms with Gasteiger partial charge in [0.05, 0.1) is 12.6 Å². The van der Waals surface area contributed by atoms with E-state index < -0.39 is 0 Å². The fourth-order valence-electron chi connectivity index (χ4n) is 5.33. The van der Waals surface area contributed by atoms with E-state index in [0.717, 1.165) is 24.8 Å². The highest BCUT2D eigenvalue weighted by Gasteiger charge is 2.47. The zero-order chi connectivity index (χ0) is 20.8. The van der Waals surface area contributed by atoms with Crippen molar-refractivity contribution in [3.05, 3.63) is 29.6 Å². The van der Waals surface area contributed by atoms with Crippen LogP contribution in [0.3, 0.4) is 0 Å². The molecule has 1 aromatic heterocycles. The average Bonchev–Trinajstić information content (AvgIpc) is 3.34. The summed E-state index contributed by atoms with van der Waals surface area (Å²) in [6, 6.07) is 3.19. The maximum atomic E-state index is 12.7. The molecule has 0 saturated carbocycles. The van der Waals surface area contributed by atoms with Gasteiger partial charge >= 0.3 is 0 Å². The monoisotopic (exact) mass is 398 g/mol. The molecule has 4 rings (SSSR count). The second kappa shape index (κ2) is 7.80. The maximum Gasteiger partial charge on any atom is 0.234 e. The molecule has 1 unspecified atom stereocenters. The van der Waals surface area contributed by atoms with E-state index in [1.807, 2.05) is 33.8 Å². The molecule has 0 spiro atoms. The van der Waals surface area contributed by atoms with Crippen LogP contribution in [0.5, 0.6) is 0 Å². The first kappa shape index (κ1) is 20.5. The third kappa shape index (κ3) is 4.86. The van der Waals surface area contributed by atoms with Gasteiger partial charge in [-0.2, -0.15) is 0 Å². The Bertz CT molecular complexity index is 773. The summed E-state index contributed by atoms with van der Waals surface area (Å²) >= 11 is 0. The van der Waals surface area contributed by atoms with Crippen molar-refractivity contribution in [3.63, 3.8) is 0 Å². The van der Waals surface area contributed by atoms with Gasteiger partial charge in [0.1, 0.15) is 0 Å². The average molecular weight is 399 g/mol. The van der Waals surface area contributed by atoms with Crippen molar-refractivity contribution >= 4 is 11.7 Å². The molecule has 6 nitrogen and oxygen atoms in total. The van der Waals surface area contributed by atoms with Gasteiger partial charge in [0.15, 0.2) is 5.78 Å². The number of pyridine rings is 1. The second-order valence-electron chi connectivity index (χ2n) is 10.3. The van der Waals surface area contributed by atoms with Crippen molar-refractivity contribution in [1.82, 2.24) is 20.5 Å². The summed E-state index contributed by atoms with van der Waals surface area (Å²) in [5.41, 5.74) is 1.55. The zero-order valence-corrected chi connectivity index (χ0v) is 18.1. The third-order valence-electron chi connectivity index (χ3n) is 6.54. The number of carbonyl (C=O) groups excluding carboxylic acids is 2. The molecule has 4 atom stereocenters. The highest BCUT2D eigenvalue weighted by atomic mass is 16.2. The molecule has 3 aliphatic heterocycles. The molecule has 2 bridgehead atoms. The molecule has 29 heavy (non-hydrogen) atoms. The van der Waals surface area contributed by atoms with Crippen LogP contribution in [0.25, 0.3) is 0 Å². The molecule has 2 N–H and O–H groups in total. The Hall–Kier alpha value is -1.79. The minimum Gasteiger partial charge on any atom is -0.350 e. The fraction of sp³-hybridized carbons (Fsp3) is 0.696. The number of nitrogens with zero attached hydrogens (tertiary/aromatic N) is 2. The first-order chi connectivity index (χ1) is 13.7. The molecular formula is C23H34N4O2. The van der Waals surface area contributed by atoms with E-state index in [-0.39, 0.29) is 23.3 Å². The number of hydrogen-bond acceptors (Lipinski definition) is 5. The molecule has 3 saturated heterocycles. The van der Waals surface area contributed by atoms with Crippen LogP contribution in [0.2, 0.25) is 0 Å². The summed E-state index contributed by atoms with van der Waals surface area (Å²) in [6.45, 7) is 8.56. The number of hydrogen-bond donors (Lipinski definition) is 2. The van der Waals surface area contributed by atoms with Crippen LogP contribution >= 0.6 is 0 Å². The summed E-state index contributed by atoms with van der Waals surface area (Å²) in [7, 11) is 0. The highest BCUT2D eigenvalue weighted by Crippen LogP contribution is 2.41. The third-order valence-corrected chi connectivity index (χ3v) is 6.54. The lowest BCUT2D eigenvalue weighted by molar-refractivity contribution is -0.125. The minimum absolute atomic E-state index is 0.0492. The van der Waals surface area contributed by atoms with Gasteiger partial charge in [-0.3, -0.25) is 19.5 Å². The van der Waals surface area contributed by atoms with Crippen molar-refractivity contribution in [2.45, 2.75) is 89.5 Å². The van der Waals surface area contributed by atoms with Crippen molar-refractivity contribution < 1.29 is 9.59 Å². The lowest BCUT2D eigenvalue weighted by atomic mass is 9.86. The summed E-state index contributed by atoms with van der Waals surface area (Å²) in [5.74, 6) is 0.944. The second-order valence-corrected chi connectivity index (χ2v) is 10.3. The minimum atomic E-state index is -0.180. The summed E-state index contributed by atoms with van der Waals surface area (Å²) < 4.78 is 0. The van der Waals surface area contributed by atoms with E-state index >= 15 is 0 Å². The predicted octanol–water partition coefficient (Wildman–Crippen LogP) is 2.46. The molecule has 4 heterocycles. The molecule has 3 aliphatic rings. The first-order valence-corrected chi connectivity index (χ1v) is 11.0. The van der Waals surface area contributed by atoms with Crippen LogP contribution in [0.4, 0.5) is 0 Å². The molecule has 0 aliphatic carbocycles. The van der Waals surface area contributed by atoms with Gasteiger partial charge in [-0.05, 0) is 77.3 Å². The van der Waals surface area contributed by atoms with Crippen LogP contribution in [0.1, 0.15) is 68.8 Å². The number of amides is 1. The molecule has 1 aromatic rings. The molecule has 6 heteroatoms. The molecule has 0 aromatic carbocycles. The Morgan fingerprint density at radius 1 is 1.21 bits per heavy atom. The number of aryl methyl sites for hydroxylation is 1. The van der Waals surface area contributed by atoms with Gasteiger partial charge in [0.25, 0.3) is 0 Å². The zero-order valence-electron chi connectivity index (χ0n) is 18.1. The number of aromatic nitrogens is 1. The topological polar surface area (TPSA) is 84.2 Å². The normalized spacial score (nSPS) is 31.5. The van der Waals surface area contributed by atoms with E-state index in [2.05, 4.69) is 20.5 Å². The van der Waals surface area contributed by atoms with Crippen LogP contribution in [-0.2, 0) is 4.79 Å². The Kier molecular flexibility index (Phi) is 5.51. The fourth-order valence-corrected chi connectivity index (χ4v) is 5.33. The SMILES string of the molecule is Cc1cncc(C(=O)C2N[C@H]2CC2C[C@@H]3CC[C@@H](C2)N3CC(=O)NC(C)(C)C)c1. The van der Waals surface area contributed by atoms with Gasteiger partial charge in [-0.15, -0.1) is 0 Å². The number of ketones is 1. The Balaban J connectivity index is 1.28. The first-order valence-electron chi connectivity index (χ1n) is 11.0. The van der Waals surface area contributed by atoms with Crippen molar-refractivity contribution in [3.8, 4) is 0 Å². The number of Topliss-reactive ketones (excluding diaryl/α,β-unsaturated/α-hetero) is 1. The van der Waals surface area contributed by atoms with E-state index in [1.54, 1.807) is 12.4 Å². The number of fused-ring (bicyclic) bond motifs is 2. The lowest BCUT2D eigenvalue weighted by Crippen LogP contribution is -2.51. The van der Waals surface area contributed by atoms with Gasteiger partial charge in [-0.25, -0.2) is 0 Å². The van der Waals surface area contributed by atoms with Crippen molar-refractivity contribution in [2.75, 3.05) is 6.54 Å². The van der Waals surface area contributed by atoms with Gasteiger partial charge in [0.2, 0.25) is 5.91 Å². The Labute approximate surface area is 173 Å². The van der Waals surface area contributed by atoms with Gasteiger partial charge < -0.3 is 10.6 Å². The Morgan fingerprint density at radius 3 is 2.52 bits per heavy atom. The summed E-state index contributed by atoms with van der Waals surface area (Å²) in [5, 5.41) is 6.49. The lowest BCUT2D eigenvalue weighted by Gasteiger charge is -2.39. The number of nitrogens with one attached hydrogen (secondary N) is 2. The number of piperidine rings is 1. The predicted molar refractivity (Wildman–Crippen MR) is 113 cm³/mol. The molecule has 3 fully saturated rings.